The molecule has 1 atom stereocenters. The molecule has 2 N–H and O–H groups in total. The maximum atomic E-state index is 12.3. The second kappa shape index (κ2) is 6.61. The minimum Gasteiger partial charge on any atom is -0.496 e. The van der Waals surface area contributed by atoms with Gasteiger partial charge in [-0.2, -0.15) is 0 Å². The second-order valence-corrected chi connectivity index (χ2v) is 4.35. The first kappa shape index (κ1) is 14.8. The Balaban J connectivity index is 0.00000162. The third-order valence-electron chi connectivity index (χ3n) is 3.08. The van der Waals surface area contributed by atoms with Crippen LogP contribution in [-0.4, -0.2) is 37.0 Å². The van der Waals surface area contributed by atoms with E-state index in [0.717, 1.165) is 19.4 Å². The van der Waals surface area contributed by atoms with Gasteiger partial charge in [-0.15, -0.1) is 12.4 Å². The van der Waals surface area contributed by atoms with Gasteiger partial charge in [0.25, 0.3) is 5.91 Å². The van der Waals surface area contributed by atoms with E-state index in [1.165, 1.54) is 0 Å². The minimum absolute atomic E-state index is 0. The van der Waals surface area contributed by atoms with Crippen molar-refractivity contribution in [3.05, 3.63) is 29.8 Å². The fourth-order valence-electron chi connectivity index (χ4n) is 2.19. The Bertz CT molecular complexity index is 412. The summed E-state index contributed by atoms with van der Waals surface area (Å²) in [6, 6.07) is 7.40. The van der Waals surface area contributed by atoms with Gasteiger partial charge in [-0.25, -0.2) is 0 Å². The average Bonchev–Trinajstić information content (AvgIpc) is 2.38. The molecule has 18 heavy (non-hydrogen) atoms. The molecule has 5 heteroatoms. The first-order valence-electron chi connectivity index (χ1n) is 5.90. The predicted molar refractivity (Wildman–Crippen MR) is 73.4 cm³/mol. The zero-order chi connectivity index (χ0) is 12.3. The van der Waals surface area contributed by atoms with Crippen LogP contribution in [0.25, 0.3) is 0 Å². The molecule has 0 saturated carbocycles. The summed E-state index contributed by atoms with van der Waals surface area (Å²) in [5, 5.41) is 0. The van der Waals surface area contributed by atoms with Crippen LogP contribution in [0.2, 0.25) is 0 Å². The number of nitrogens with two attached hydrogens (primary N) is 1. The van der Waals surface area contributed by atoms with Crippen LogP contribution in [0.15, 0.2) is 24.3 Å². The second-order valence-electron chi connectivity index (χ2n) is 4.35. The van der Waals surface area contributed by atoms with E-state index < -0.39 is 0 Å². The molecule has 1 fully saturated rings. The summed E-state index contributed by atoms with van der Waals surface area (Å²) < 4.78 is 5.21. The van der Waals surface area contributed by atoms with Crippen molar-refractivity contribution in [1.29, 1.82) is 0 Å². The number of amides is 1. The molecule has 2 rings (SSSR count). The highest BCUT2D eigenvalue weighted by molar-refractivity contribution is 5.97. The number of para-hydroxylation sites is 1. The Hall–Kier alpha value is -1.26. The van der Waals surface area contributed by atoms with E-state index in [9.17, 15) is 4.79 Å². The molecule has 0 aliphatic carbocycles. The van der Waals surface area contributed by atoms with Crippen LogP contribution in [0, 0.1) is 0 Å². The van der Waals surface area contributed by atoms with Gasteiger partial charge in [0.1, 0.15) is 5.75 Å². The number of ether oxygens (including phenoxy) is 1. The third kappa shape index (κ3) is 3.15. The van der Waals surface area contributed by atoms with Crippen molar-refractivity contribution < 1.29 is 9.53 Å². The lowest BCUT2D eigenvalue weighted by Crippen LogP contribution is -2.45. The summed E-state index contributed by atoms with van der Waals surface area (Å²) in [6.45, 7) is 1.42. The summed E-state index contributed by atoms with van der Waals surface area (Å²) in [5.41, 5.74) is 6.50. The highest BCUT2D eigenvalue weighted by Gasteiger charge is 2.24. The first-order chi connectivity index (χ1) is 8.22. The van der Waals surface area contributed by atoms with Gasteiger partial charge in [-0.1, -0.05) is 12.1 Å². The van der Waals surface area contributed by atoms with E-state index in [1.54, 1.807) is 19.2 Å². The lowest BCUT2D eigenvalue weighted by Gasteiger charge is -2.31. The maximum Gasteiger partial charge on any atom is 0.257 e. The van der Waals surface area contributed by atoms with E-state index in [-0.39, 0.29) is 24.4 Å². The number of hydrogen-bond donors (Lipinski definition) is 1. The van der Waals surface area contributed by atoms with Crippen molar-refractivity contribution in [1.82, 2.24) is 4.90 Å². The maximum absolute atomic E-state index is 12.3. The number of nitrogens with zero attached hydrogens (tertiary/aromatic N) is 1. The van der Waals surface area contributed by atoms with E-state index >= 15 is 0 Å². The Kier molecular flexibility index (Phi) is 5.44. The average molecular weight is 271 g/mol. The fraction of sp³-hybridized carbons (Fsp3) is 0.462. The number of rotatable bonds is 2. The monoisotopic (exact) mass is 270 g/mol. The van der Waals surface area contributed by atoms with Gasteiger partial charge in [-0.05, 0) is 25.0 Å². The van der Waals surface area contributed by atoms with E-state index in [0.29, 0.717) is 17.9 Å². The van der Waals surface area contributed by atoms with Crippen molar-refractivity contribution in [2.45, 2.75) is 18.9 Å². The van der Waals surface area contributed by atoms with Crippen molar-refractivity contribution in [2.24, 2.45) is 5.73 Å². The largest absolute Gasteiger partial charge is 0.496 e. The van der Waals surface area contributed by atoms with E-state index in [4.69, 9.17) is 10.5 Å². The lowest BCUT2D eigenvalue weighted by molar-refractivity contribution is 0.0705. The van der Waals surface area contributed by atoms with Gasteiger partial charge in [0, 0.05) is 19.1 Å². The SMILES string of the molecule is COc1ccccc1C(=O)N1CCC[C@@H](N)C1.Cl. The summed E-state index contributed by atoms with van der Waals surface area (Å²) in [5.74, 6) is 0.634. The molecule has 1 aliphatic heterocycles. The van der Waals surface area contributed by atoms with Crippen molar-refractivity contribution >= 4 is 18.3 Å². The Morgan fingerprint density at radius 3 is 2.83 bits per heavy atom. The molecule has 1 aliphatic rings. The molecule has 0 spiro atoms. The zero-order valence-electron chi connectivity index (χ0n) is 10.5. The van der Waals surface area contributed by atoms with Crippen LogP contribution >= 0.6 is 12.4 Å². The van der Waals surface area contributed by atoms with Crippen molar-refractivity contribution in [3.8, 4) is 5.75 Å². The fourth-order valence-corrected chi connectivity index (χ4v) is 2.19. The molecule has 4 nitrogen and oxygen atoms in total. The summed E-state index contributed by atoms with van der Waals surface area (Å²) >= 11 is 0. The zero-order valence-corrected chi connectivity index (χ0v) is 11.3. The molecular formula is C13H19ClN2O2. The van der Waals surface area contributed by atoms with Crippen LogP contribution < -0.4 is 10.5 Å². The smallest absolute Gasteiger partial charge is 0.257 e. The Morgan fingerprint density at radius 2 is 2.17 bits per heavy atom. The molecule has 1 heterocycles. The number of methoxy groups -OCH3 is 1. The topological polar surface area (TPSA) is 55.6 Å². The normalized spacial score (nSPS) is 19.0. The van der Waals surface area contributed by atoms with Gasteiger partial charge >= 0.3 is 0 Å². The predicted octanol–water partition coefficient (Wildman–Crippen LogP) is 1.68. The van der Waals surface area contributed by atoms with Gasteiger partial charge < -0.3 is 15.4 Å². The van der Waals surface area contributed by atoms with Crippen LogP contribution in [-0.2, 0) is 0 Å². The number of likely N-dealkylation sites (tertiary alicyclic amines) is 1. The number of carbonyl (C=O) groups excluding carboxylic acids is 1. The van der Waals surface area contributed by atoms with Gasteiger partial charge in [0.15, 0.2) is 0 Å². The number of hydrogen-bond acceptors (Lipinski definition) is 3. The minimum atomic E-state index is 0. The molecule has 100 valence electrons. The highest BCUT2D eigenvalue weighted by Crippen LogP contribution is 2.21. The summed E-state index contributed by atoms with van der Waals surface area (Å²) in [6.07, 6.45) is 1.97. The van der Waals surface area contributed by atoms with Crippen LogP contribution in [0.3, 0.4) is 0 Å². The number of benzene rings is 1. The van der Waals surface area contributed by atoms with E-state index in [1.807, 2.05) is 17.0 Å². The number of halogens is 1. The molecule has 0 radical (unpaired) electrons. The molecule has 0 aromatic heterocycles. The van der Waals surface area contributed by atoms with Gasteiger partial charge in [0.2, 0.25) is 0 Å². The van der Waals surface area contributed by atoms with Gasteiger partial charge in [-0.3, -0.25) is 4.79 Å². The number of piperidine rings is 1. The Morgan fingerprint density at radius 1 is 1.44 bits per heavy atom. The molecule has 1 aromatic rings. The van der Waals surface area contributed by atoms with Crippen molar-refractivity contribution in [3.63, 3.8) is 0 Å². The van der Waals surface area contributed by atoms with Gasteiger partial charge in [0.05, 0.1) is 12.7 Å². The summed E-state index contributed by atoms with van der Waals surface area (Å²) in [7, 11) is 1.58. The number of carbonyl (C=O) groups is 1. The molecule has 1 saturated heterocycles. The van der Waals surface area contributed by atoms with Crippen LogP contribution in [0.1, 0.15) is 23.2 Å². The Labute approximate surface area is 114 Å². The van der Waals surface area contributed by atoms with Crippen LogP contribution in [0.4, 0.5) is 0 Å². The van der Waals surface area contributed by atoms with E-state index in [2.05, 4.69) is 0 Å². The summed E-state index contributed by atoms with van der Waals surface area (Å²) in [4.78, 5) is 14.1. The first-order valence-corrected chi connectivity index (χ1v) is 5.90. The highest BCUT2D eigenvalue weighted by atomic mass is 35.5. The standard InChI is InChI=1S/C13H18N2O2.ClH/c1-17-12-7-3-2-6-11(12)13(16)15-8-4-5-10(14)9-15;/h2-3,6-7,10H,4-5,8-9,14H2,1H3;1H/t10-;/m1./s1. The van der Waals surface area contributed by atoms with Crippen molar-refractivity contribution in [2.75, 3.05) is 20.2 Å². The molecule has 1 amide bonds. The quantitative estimate of drug-likeness (QED) is 0.890. The lowest BCUT2D eigenvalue weighted by atomic mass is 10.0. The van der Waals surface area contributed by atoms with Crippen LogP contribution in [0.5, 0.6) is 5.75 Å². The third-order valence-corrected chi connectivity index (χ3v) is 3.08. The molecule has 1 aromatic carbocycles. The molecule has 0 unspecified atom stereocenters. The molecular weight excluding hydrogens is 252 g/mol. The molecule has 0 bridgehead atoms.